The van der Waals surface area contributed by atoms with E-state index in [0.717, 1.165) is 12.1 Å². The highest BCUT2D eigenvalue weighted by Gasteiger charge is 2.56. The summed E-state index contributed by atoms with van der Waals surface area (Å²) in [4.78, 5) is 25.0. The molecule has 1 fully saturated rings. The van der Waals surface area contributed by atoms with Gasteiger partial charge >= 0.3 is 6.18 Å². The van der Waals surface area contributed by atoms with Gasteiger partial charge in [-0.25, -0.2) is 0 Å². The molecule has 1 aliphatic heterocycles. The average molecular weight is 330 g/mol. The first kappa shape index (κ1) is 17.3. The Morgan fingerprint density at radius 2 is 1.96 bits per heavy atom. The molecule has 126 valence electrons. The van der Waals surface area contributed by atoms with Crippen LogP contribution < -0.4 is 5.32 Å². The van der Waals surface area contributed by atoms with Gasteiger partial charge < -0.3 is 15.3 Å². The molecule has 2 atom stereocenters. The van der Waals surface area contributed by atoms with Crippen molar-refractivity contribution in [2.45, 2.75) is 30.7 Å². The minimum absolute atomic E-state index is 0.330. The van der Waals surface area contributed by atoms with E-state index >= 15 is 0 Å². The van der Waals surface area contributed by atoms with Crippen LogP contribution in [-0.2, 0) is 15.2 Å². The first-order chi connectivity index (χ1) is 10.6. The smallest absolute Gasteiger partial charge is 0.376 e. The molecule has 0 aromatic heterocycles. The number of aliphatic hydroxyl groups is 1. The molecule has 0 bridgehead atoms. The third kappa shape index (κ3) is 3.47. The molecule has 2 N–H and O–H groups in total. The Morgan fingerprint density at radius 3 is 2.43 bits per heavy atom. The predicted octanol–water partition coefficient (Wildman–Crippen LogP) is 1.17. The summed E-state index contributed by atoms with van der Waals surface area (Å²) >= 11 is 0. The maximum absolute atomic E-state index is 13.3. The minimum Gasteiger partial charge on any atom is -0.376 e. The quantitative estimate of drug-likeness (QED) is 0.871. The number of carbonyl (C=O) groups excluding carboxylic acids is 2. The second kappa shape index (κ2) is 6.19. The summed E-state index contributed by atoms with van der Waals surface area (Å²) in [6.45, 7) is 0.423. The van der Waals surface area contributed by atoms with E-state index in [-0.39, 0.29) is 5.91 Å². The van der Waals surface area contributed by atoms with Gasteiger partial charge in [0.05, 0.1) is 6.42 Å². The second-order valence-corrected chi connectivity index (χ2v) is 5.57. The van der Waals surface area contributed by atoms with Gasteiger partial charge in [-0.1, -0.05) is 30.3 Å². The summed E-state index contributed by atoms with van der Waals surface area (Å²) in [7, 11) is 1.55. The molecule has 0 unspecified atom stereocenters. The number of rotatable bonds is 4. The van der Waals surface area contributed by atoms with Crippen LogP contribution in [0.5, 0.6) is 0 Å². The summed E-state index contributed by atoms with van der Waals surface area (Å²) in [5.74, 6) is -1.38. The monoisotopic (exact) mass is 330 g/mol. The van der Waals surface area contributed by atoms with Crippen LogP contribution in [-0.4, -0.2) is 47.6 Å². The zero-order valence-electron chi connectivity index (χ0n) is 12.4. The van der Waals surface area contributed by atoms with E-state index in [9.17, 15) is 27.9 Å². The van der Waals surface area contributed by atoms with Crippen LogP contribution in [0.2, 0.25) is 0 Å². The fourth-order valence-electron chi connectivity index (χ4n) is 2.51. The van der Waals surface area contributed by atoms with Gasteiger partial charge in [-0.15, -0.1) is 0 Å². The molecule has 1 aromatic carbocycles. The lowest BCUT2D eigenvalue weighted by Gasteiger charge is -2.30. The Bertz CT molecular complexity index is 591. The fourth-order valence-corrected chi connectivity index (χ4v) is 2.51. The van der Waals surface area contributed by atoms with Gasteiger partial charge in [-0.3, -0.25) is 9.59 Å². The molecule has 1 aliphatic rings. The van der Waals surface area contributed by atoms with E-state index in [1.165, 1.54) is 23.1 Å². The van der Waals surface area contributed by atoms with Gasteiger partial charge in [-0.2, -0.15) is 13.2 Å². The standard InChI is InChI=1S/C15H17F3N2O3/c1-20-8-7-11(13(20)22)19-12(21)9-14(23,15(16,17)18)10-5-3-2-4-6-10/h2-6,11,23H,7-9H2,1H3,(H,19,21)/t11-,14-/m1/s1. The number of likely N-dealkylation sites (tertiary alicyclic amines) is 1. The first-order valence-electron chi connectivity index (χ1n) is 7.04. The lowest BCUT2D eigenvalue weighted by molar-refractivity contribution is -0.267. The summed E-state index contributed by atoms with van der Waals surface area (Å²) in [6, 6.07) is 5.57. The Morgan fingerprint density at radius 1 is 1.35 bits per heavy atom. The van der Waals surface area contributed by atoms with Crippen LogP contribution in [0.1, 0.15) is 18.4 Å². The van der Waals surface area contributed by atoms with Crippen LogP contribution in [0.3, 0.4) is 0 Å². The number of nitrogens with one attached hydrogen (secondary N) is 1. The molecule has 0 spiro atoms. The number of halogens is 3. The first-order valence-corrected chi connectivity index (χ1v) is 7.04. The molecular formula is C15H17F3N2O3. The molecule has 1 aromatic rings. The highest BCUT2D eigenvalue weighted by atomic mass is 19.4. The fraction of sp³-hybridized carbons (Fsp3) is 0.467. The van der Waals surface area contributed by atoms with Crippen molar-refractivity contribution >= 4 is 11.8 Å². The van der Waals surface area contributed by atoms with Gasteiger partial charge in [-0.05, 0) is 12.0 Å². The van der Waals surface area contributed by atoms with Crippen molar-refractivity contribution in [2.24, 2.45) is 0 Å². The Hall–Kier alpha value is -2.09. The highest BCUT2D eigenvalue weighted by Crippen LogP contribution is 2.41. The zero-order chi connectivity index (χ0) is 17.3. The number of carbonyl (C=O) groups is 2. The van der Waals surface area contributed by atoms with E-state index < -0.39 is 35.7 Å². The van der Waals surface area contributed by atoms with Gasteiger partial charge in [0.15, 0.2) is 5.60 Å². The van der Waals surface area contributed by atoms with Gasteiger partial charge in [0.25, 0.3) is 0 Å². The van der Waals surface area contributed by atoms with Crippen LogP contribution in [0.25, 0.3) is 0 Å². The number of hydrogen-bond donors (Lipinski definition) is 2. The number of alkyl halides is 3. The molecule has 2 amide bonds. The summed E-state index contributed by atoms with van der Waals surface area (Å²) in [5.41, 5.74) is -3.72. The normalized spacial score (nSPS) is 21.2. The molecule has 0 aliphatic carbocycles. The molecule has 8 heteroatoms. The molecule has 23 heavy (non-hydrogen) atoms. The Labute approximate surface area is 131 Å². The topological polar surface area (TPSA) is 69.6 Å². The third-order valence-electron chi connectivity index (χ3n) is 3.90. The third-order valence-corrected chi connectivity index (χ3v) is 3.90. The van der Waals surface area contributed by atoms with E-state index in [1.807, 2.05) is 0 Å². The lowest BCUT2D eigenvalue weighted by Crippen LogP contribution is -2.48. The van der Waals surface area contributed by atoms with Crippen LogP contribution in [0.4, 0.5) is 13.2 Å². The zero-order valence-corrected chi connectivity index (χ0v) is 12.4. The molecule has 0 radical (unpaired) electrons. The number of amides is 2. The van der Waals surface area contributed by atoms with Crippen molar-refractivity contribution in [2.75, 3.05) is 13.6 Å². The van der Waals surface area contributed by atoms with Crippen LogP contribution in [0, 0.1) is 0 Å². The van der Waals surface area contributed by atoms with E-state index in [4.69, 9.17) is 0 Å². The molecule has 1 saturated heterocycles. The van der Waals surface area contributed by atoms with Crippen molar-refractivity contribution in [1.29, 1.82) is 0 Å². The predicted molar refractivity (Wildman–Crippen MR) is 75.2 cm³/mol. The van der Waals surface area contributed by atoms with Crippen molar-refractivity contribution < 1.29 is 27.9 Å². The average Bonchev–Trinajstić information content (AvgIpc) is 2.79. The molecule has 0 saturated carbocycles. The summed E-state index contributed by atoms with van der Waals surface area (Å²) in [5, 5.41) is 12.4. The number of nitrogens with zero attached hydrogens (tertiary/aromatic N) is 1. The number of likely N-dealkylation sites (N-methyl/N-ethyl adjacent to an activating group) is 1. The van der Waals surface area contributed by atoms with Gasteiger partial charge in [0.2, 0.25) is 11.8 Å². The van der Waals surface area contributed by atoms with Gasteiger partial charge in [0, 0.05) is 13.6 Å². The Balaban J connectivity index is 2.16. The van der Waals surface area contributed by atoms with E-state index in [1.54, 1.807) is 7.05 Å². The van der Waals surface area contributed by atoms with Gasteiger partial charge in [0.1, 0.15) is 6.04 Å². The van der Waals surface area contributed by atoms with Crippen LogP contribution >= 0.6 is 0 Å². The van der Waals surface area contributed by atoms with Crippen molar-refractivity contribution in [3.63, 3.8) is 0 Å². The van der Waals surface area contributed by atoms with Crippen molar-refractivity contribution in [1.82, 2.24) is 10.2 Å². The molecule has 1 heterocycles. The second-order valence-electron chi connectivity index (χ2n) is 5.57. The van der Waals surface area contributed by atoms with Crippen LogP contribution in [0.15, 0.2) is 30.3 Å². The lowest BCUT2D eigenvalue weighted by atomic mass is 9.89. The molecule has 5 nitrogen and oxygen atoms in total. The largest absolute Gasteiger partial charge is 0.421 e. The number of hydrogen-bond acceptors (Lipinski definition) is 3. The number of benzene rings is 1. The maximum atomic E-state index is 13.3. The van der Waals surface area contributed by atoms with Crippen molar-refractivity contribution in [3.05, 3.63) is 35.9 Å². The Kier molecular flexibility index (Phi) is 4.65. The minimum atomic E-state index is -5.03. The molecular weight excluding hydrogens is 313 g/mol. The SMILES string of the molecule is CN1CC[C@@H](NC(=O)C[C@@](O)(c2ccccc2)C(F)(F)F)C1=O. The maximum Gasteiger partial charge on any atom is 0.421 e. The summed E-state index contributed by atoms with van der Waals surface area (Å²) < 4.78 is 39.9. The van der Waals surface area contributed by atoms with E-state index in [2.05, 4.69) is 5.32 Å². The summed E-state index contributed by atoms with van der Waals surface area (Å²) in [6.07, 6.45) is -5.90. The molecule has 2 rings (SSSR count). The highest BCUT2D eigenvalue weighted by molar-refractivity contribution is 5.89. The van der Waals surface area contributed by atoms with Crippen molar-refractivity contribution in [3.8, 4) is 0 Å². The van der Waals surface area contributed by atoms with E-state index in [0.29, 0.717) is 13.0 Å².